The second-order valence-corrected chi connectivity index (χ2v) is 3.66. The second kappa shape index (κ2) is 4.79. The van der Waals surface area contributed by atoms with Gasteiger partial charge in [-0.1, -0.05) is 30.3 Å². The molecule has 4 nitrogen and oxygen atoms in total. The number of nitrogens with two attached hydrogens (primary N) is 1. The molecule has 1 aromatic carbocycles. The Morgan fingerprint density at radius 1 is 1.25 bits per heavy atom. The number of aryl methyl sites for hydroxylation is 3. The normalized spacial score (nSPS) is 10.6. The van der Waals surface area contributed by atoms with E-state index >= 15 is 0 Å². The van der Waals surface area contributed by atoms with Crippen LogP contribution in [0.5, 0.6) is 0 Å². The molecule has 0 amide bonds. The number of anilines is 1. The summed E-state index contributed by atoms with van der Waals surface area (Å²) < 4.78 is 5.12. The maximum atomic E-state index is 5.85. The van der Waals surface area contributed by atoms with Gasteiger partial charge in [-0.2, -0.15) is 4.98 Å². The van der Waals surface area contributed by atoms with E-state index in [2.05, 4.69) is 10.1 Å². The van der Waals surface area contributed by atoms with Gasteiger partial charge >= 0.3 is 0 Å². The molecule has 0 radical (unpaired) electrons. The van der Waals surface area contributed by atoms with Crippen molar-refractivity contribution >= 4 is 5.69 Å². The van der Waals surface area contributed by atoms with Gasteiger partial charge in [-0.25, -0.2) is 0 Å². The first kappa shape index (κ1) is 10.7. The Balaban J connectivity index is 1.99. The Hall–Kier alpha value is -1.84. The van der Waals surface area contributed by atoms with Crippen LogP contribution in [0.1, 0.15) is 24.2 Å². The average molecular weight is 217 g/mol. The van der Waals surface area contributed by atoms with Crippen LogP contribution >= 0.6 is 0 Å². The number of aromatic nitrogens is 2. The summed E-state index contributed by atoms with van der Waals surface area (Å²) in [5.41, 5.74) is 7.79. The summed E-state index contributed by atoms with van der Waals surface area (Å²) >= 11 is 0. The molecule has 0 aliphatic heterocycles. The van der Waals surface area contributed by atoms with Crippen molar-refractivity contribution in [3.05, 3.63) is 41.5 Å². The van der Waals surface area contributed by atoms with Crippen LogP contribution in [0, 0.1) is 0 Å². The lowest BCUT2D eigenvalue weighted by Crippen LogP contribution is -1.97. The van der Waals surface area contributed by atoms with Gasteiger partial charge in [-0.05, 0) is 18.1 Å². The predicted octanol–water partition coefficient (Wildman–Crippen LogP) is 2.00. The molecule has 0 bridgehead atoms. The van der Waals surface area contributed by atoms with Gasteiger partial charge in [0.2, 0.25) is 5.89 Å². The fourth-order valence-corrected chi connectivity index (χ4v) is 1.54. The Kier molecular flexibility index (Phi) is 3.19. The lowest BCUT2D eigenvalue weighted by atomic mass is 10.1. The maximum absolute atomic E-state index is 5.85. The van der Waals surface area contributed by atoms with Crippen LogP contribution in [-0.4, -0.2) is 10.1 Å². The maximum Gasteiger partial charge on any atom is 0.226 e. The van der Waals surface area contributed by atoms with Crippen LogP contribution in [0.2, 0.25) is 0 Å². The zero-order valence-electron chi connectivity index (χ0n) is 9.31. The summed E-state index contributed by atoms with van der Waals surface area (Å²) in [5, 5.41) is 3.85. The molecule has 0 spiro atoms. The van der Waals surface area contributed by atoms with Gasteiger partial charge in [0.1, 0.15) is 0 Å². The Labute approximate surface area is 94.5 Å². The highest BCUT2D eigenvalue weighted by molar-refractivity contribution is 5.46. The van der Waals surface area contributed by atoms with Crippen LogP contribution in [0.15, 0.2) is 28.8 Å². The summed E-state index contributed by atoms with van der Waals surface area (Å²) in [6.45, 7) is 2.00. The highest BCUT2D eigenvalue weighted by atomic mass is 16.5. The van der Waals surface area contributed by atoms with E-state index in [0.717, 1.165) is 36.3 Å². The van der Waals surface area contributed by atoms with Gasteiger partial charge in [0.05, 0.1) is 0 Å². The highest BCUT2D eigenvalue weighted by Crippen LogP contribution is 2.13. The molecule has 0 aliphatic rings. The lowest BCUT2D eigenvalue weighted by molar-refractivity contribution is 0.373. The van der Waals surface area contributed by atoms with Crippen LogP contribution in [-0.2, 0) is 19.3 Å². The highest BCUT2D eigenvalue weighted by Gasteiger charge is 2.05. The first-order chi connectivity index (χ1) is 7.79. The zero-order valence-corrected chi connectivity index (χ0v) is 9.31. The summed E-state index contributed by atoms with van der Waals surface area (Å²) in [7, 11) is 0. The zero-order chi connectivity index (χ0) is 11.4. The monoisotopic (exact) mass is 217 g/mol. The topological polar surface area (TPSA) is 64.9 Å². The average Bonchev–Trinajstić information content (AvgIpc) is 2.76. The largest absolute Gasteiger partial charge is 0.399 e. The molecule has 2 rings (SSSR count). The molecule has 1 aromatic heterocycles. The SMILES string of the molecule is CCc1noc(CCc2ccccc2N)n1. The van der Waals surface area contributed by atoms with Gasteiger partial charge in [0.15, 0.2) is 5.82 Å². The summed E-state index contributed by atoms with van der Waals surface area (Å²) in [6, 6.07) is 7.84. The Morgan fingerprint density at radius 3 is 2.75 bits per heavy atom. The van der Waals surface area contributed by atoms with E-state index in [-0.39, 0.29) is 0 Å². The predicted molar refractivity (Wildman–Crippen MR) is 61.9 cm³/mol. The quantitative estimate of drug-likeness (QED) is 0.795. The van der Waals surface area contributed by atoms with Crippen molar-refractivity contribution in [3.63, 3.8) is 0 Å². The van der Waals surface area contributed by atoms with Crippen molar-refractivity contribution in [2.45, 2.75) is 26.2 Å². The van der Waals surface area contributed by atoms with E-state index < -0.39 is 0 Å². The summed E-state index contributed by atoms with van der Waals surface area (Å²) in [6.07, 6.45) is 2.37. The molecular weight excluding hydrogens is 202 g/mol. The molecule has 16 heavy (non-hydrogen) atoms. The number of benzene rings is 1. The molecule has 0 aliphatic carbocycles. The molecular formula is C12H15N3O. The summed E-state index contributed by atoms with van der Waals surface area (Å²) in [4.78, 5) is 4.25. The third-order valence-corrected chi connectivity index (χ3v) is 2.49. The minimum absolute atomic E-state index is 0.681. The fraction of sp³-hybridized carbons (Fsp3) is 0.333. The van der Waals surface area contributed by atoms with Crippen molar-refractivity contribution < 1.29 is 4.52 Å². The third-order valence-electron chi connectivity index (χ3n) is 2.49. The van der Waals surface area contributed by atoms with Crippen molar-refractivity contribution in [3.8, 4) is 0 Å². The molecule has 2 N–H and O–H groups in total. The molecule has 4 heteroatoms. The molecule has 0 atom stereocenters. The molecule has 2 aromatic rings. The van der Waals surface area contributed by atoms with Gasteiger partial charge in [-0.15, -0.1) is 0 Å². The van der Waals surface area contributed by atoms with E-state index in [1.165, 1.54) is 0 Å². The lowest BCUT2D eigenvalue weighted by Gasteiger charge is -2.02. The van der Waals surface area contributed by atoms with Gasteiger partial charge < -0.3 is 10.3 Å². The molecule has 0 saturated carbocycles. The van der Waals surface area contributed by atoms with Crippen molar-refractivity contribution in [1.82, 2.24) is 10.1 Å². The van der Waals surface area contributed by atoms with E-state index in [0.29, 0.717) is 5.89 Å². The van der Waals surface area contributed by atoms with Crippen LogP contribution < -0.4 is 5.73 Å². The standard InChI is InChI=1S/C12H15N3O/c1-2-11-14-12(16-15-11)8-7-9-5-3-4-6-10(9)13/h3-6H,2,7-8,13H2,1H3. The smallest absolute Gasteiger partial charge is 0.226 e. The van der Waals surface area contributed by atoms with Gasteiger partial charge in [0, 0.05) is 18.5 Å². The van der Waals surface area contributed by atoms with Gasteiger partial charge in [0.25, 0.3) is 0 Å². The minimum Gasteiger partial charge on any atom is -0.399 e. The van der Waals surface area contributed by atoms with E-state index in [1.54, 1.807) is 0 Å². The molecule has 0 unspecified atom stereocenters. The van der Waals surface area contributed by atoms with E-state index in [9.17, 15) is 0 Å². The minimum atomic E-state index is 0.681. The number of para-hydroxylation sites is 1. The molecule has 84 valence electrons. The third kappa shape index (κ3) is 2.39. The first-order valence-corrected chi connectivity index (χ1v) is 5.44. The number of rotatable bonds is 4. The fourth-order valence-electron chi connectivity index (χ4n) is 1.54. The van der Waals surface area contributed by atoms with E-state index in [4.69, 9.17) is 10.3 Å². The van der Waals surface area contributed by atoms with Crippen LogP contribution in [0.4, 0.5) is 5.69 Å². The summed E-state index contributed by atoms with van der Waals surface area (Å²) in [5.74, 6) is 1.44. The molecule has 0 saturated heterocycles. The van der Waals surface area contributed by atoms with Crippen LogP contribution in [0.3, 0.4) is 0 Å². The molecule has 1 heterocycles. The van der Waals surface area contributed by atoms with Crippen molar-refractivity contribution in [1.29, 1.82) is 0 Å². The number of hydrogen-bond donors (Lipinski definition) is 1. The van der Waals surface area contributed by atoms with Crippen LogP contribution in [0.25, 0.3) is 0 Å². The first-order valence-electron chi connectivity index (χ1n) is 5.44. The van der Waals surface area contributed by atoms with Crippen molar-refractivity contribution in [2.24, 2.45) is 0 Å². The second-order valence-electron chi connectivity index (χ2n) is 3.66. The van der Waals surface area contributed by atoms with Crippen molar-refractivity contribution in [2.75, 3.05) is 5.73 Å². The Bertz CT molecular complexity index is 465. The molecule has 0 fully saturated rings. The number of nitrogen functional groups attached to an aromatic ring is 1. The number of nitrogens with zero attached hydrogens (tertiary/aromatic N) is 2. The van der Waals surface area contributed by atoms with E-state index in [1.807, 2.05) is 31.2 Å². The van der Waals surface area contributed by atoms with Gasteiger partial charge in [-0.3, -0.25) is 0 Å². The Morgan fingerprint density at radius 2 is 2.06 bits per heavy atom. The number of hydrogen-bond acceptors (Lipinski definition) is 4.